The summed E-state index contributed by atoms with van der Waals surface area (Å²) < 4.78 is 4.95. The number of thiophene rings is 1. The highest BCUT2D eigenvalue weighted by Gasteiger charge is 2.11. The maximum Gasteiger partial charge on any atom is 0.310 e. The van der Waals surface area contributed by atoms with Crippen LogP contribution in [-0.2, 0) is 16.0 Å². The Balaban J connectivity index is 1.82. The van der Waals surface area contributed by atoms with Crippen LogP contribution in [0.25, 0.3) is 0 Å². The largest absolute Gasteiger partial charge is 0.457 e. The smallest absolute Gasteiger partial charge is 0.310 e. The summed E-state index contributed by atoms with van der Waals surface area (Å²) in [4.78, 5) is 23.8. The van der Waals surface area contributed by atoms with E-state index in [0.717, 1.165) is 5.56 Å². The van der Waals surface area contributed by atoms with E-state index in [-0.39, 0.29) is 18.8 Å². The fraction of sp³-hybridized carbons (Fsp3) is 0.143. The Kier molecular flexibility index (Phi) is 4.71. The Labute approximate surface area is 119 Å². The molecule has 2 rings (SSSR count). The minimum Gasteiger partial charge on any atom is -0.457 e. The molecule has 0 saturated heterocycles. The predicted octanol–water partition coefficient (Wildman–Crippen LogP) is 3.37. The minimum atomic E-state index is -0.424. The first-order chi connectivity index (χ1) is 9.15. The van der Waals surface area contributed by atoms with Crippen molar-refractivity contribution in [1.82, 2.24) is 0 Å². The van der Waals surface area contributed by atoms with Gasteiger partial charge in [0.25, 0.3) is 0 Å². The average Bonchev–Trinajstić information content (AvgIpc) is 2.93. The number of hydrogen-bond donors (Lipinski definition) is 0. The maximum absolute atomic E-state index is 11.6. The molecule has 1 aromatic carbocycles. The van der Waals surface area contributed by atoms with Crippen LogP contribution in [0.15, 0.2) is 41.8 Å². The van der Waals surface area contributed by atoms with E-state index in [0.29, 0.717) is 9.90 Å². The standard InChI is InChI=1S/C14H11ClO3S/c15-11-5-3-10(4-6-11)8-14(17)18-9-12(16)13-2-1-7-19-13/h1-7H,8-9H2. The molecule has 0 N–H and O–H groups in total. The predicted molar refractivity (Wildman–Crippen MR) is 74.8 cm³/mol. The quantitative estimate of drug-likeness (QED) is 0.627. The van der Waals surface area contributed by atoms with Gasteiger partial charge in [0.1, 0.15) is 0 Å². The number of Topliss-reactive ketones (excluding diaryl/α,β-unsaturated/α-hetero) is 1. The minimum absolute atomic E-state index is 0.134. The van der Waals surface area contributed by atoms with Gasteiger partial charge < -0.3 is 4.74 Å². The third-order valence-corrected chi connectivity index (χ3v) is 3.58. The van der Waals surface area contributed by atoms with Crippen LogP contribution in [0, 0.1) is 0 Å². The second-order valence-corrected chi connectivity index (χ2v) is 5.25. The molecule has 0 aliphatic rings. The summed E-state index contributed by atoms with van der Waals surface area (Å²) in [6, 6.07) is 10.4. The lowest BCUT2D eigenvalue weighted by molar-refractivity contribution is -0.141. The van der Waals surface area contributed by atoms with Gasteiger partial charge in [0, 0.05) is 5.02 Å². The fourth-order valence-electron chi connectivity index (χ4n) is 1.47. The van der Waals surface area contributed by atoms with Crippen molar-refractivity contribution in [2.45, 2.75) is 6.42 Å². The summed E-state index contributed by atoms with van der Waals surface area (Å²) in [5, 5.41) is 2.42. The molecule has 0 amide bonds. The zero-order chi connectivity index (χ0) is 13.7. The molecular weight excluding hydrogens is 284 g/mol. The molecule has 0 spiro atoms. The highest BCUT2D eigenvalue weighted by molar-refractivity contribution is 7.12. The van der Waals surface area contributed by atoms with Gasteiger partial charge in [-0.1, -0.05) is 29.8 Å². The second-order valence-electron chi connectivity index (χ2n) is 3.86. The number of ether oxygens (including phenoxy) is 1. The summed E-state index contributed by atoms with van der Waals surface area (Å²) in [6.45, 7) is -0.215. The Bertz CT molecular complexity index is 561. The van der Waals surface area contributed by atoms with E-state index in [1.165, 1.54) is 11.3 Å². The van der Waals surface area contributed by atoms with Crippen LogP contribution >= 0.6 is 22.9 Å². The van der Waals surface area contributed by atoms with Crippen molar-refractivity contribution >= 4 is 34.7 Å². The van der Waals surface area contributed by atoms with Crippen LogP contribution < -0.4 is 0 Å². The molecule has 0 unspecified atom stereocenters. The van der Waals surface area contributed by atoms with E-state index >= 15 is 0 Å². The molecule has 0 bridgehead atoms. The van der Waals surface area contributed by atoms with Crippen molar-refractivity contribution < 1.29 is 14.3 Å². The summed E-state index contributed by atoms with van der Waals surface area (Å²) >= 11 is 7.08. The van der Waals surface area contributed by atoms with Crippen LogP contribution in [0.3, 0.4) is 0 Å². The number of rotatable bonds is 5. The monoisotopic (exact) mass is 294 g/mol. The van der Waals surface area contributed by atoms with E-state index in [4.69, 9.17) is 16.3 Å². The lowest BCUT2D eigenvalue weighted by atomic mass is 10.1. The second kappa shape index (κ2) is 6.50. The number of halogens is 1. The van der Waals surface area contributed by atoms with E-state index in [1.807, 2.05) is 5.38 Å². The van der Waals surface area contributed by atoms with Gasteiger partial charge in [-0.15, -0.1) is 11.3 Å². The number of ketones is 1. The molecule has 1 aromatic heterocycles. The van der Waals surface area contributed by atoms with Gasteiger partial charge in [-0.2, -0.15) is 0 Å². The number of esters is 1. The molecule has 2 aromatic rings. The summed E-state index contributed by atoms with van der Waals surface area (Å²) in [7, 11) is 0. The van der Waals surface area contributed by atoms with Crippen LogP contribution in [0.4, 0.5) is 0 Å². The highest BCUT2D eigenvalue weighted by Crippen LogP contribution is 2.11. The lowest BCUT2D eigenvalue weighted by Gasteiger charge is -2.03. The zero-order valence-corrected chi connectivity index (χ0v) is 11.5. The molecule has 19 heavy (non-hydrogen) atoms. The number of benzene rings is 1. The highest BCUT2D eigenvalue weighted by atomic mass is 35.5. The Morgan fingerprint density at radius 2 is 1.89 bits per heavy atom. The van der Waals surface area contributed by atoms with Crippen LogP contribution in [0.2, 0.25) is 5.02 Å². The van der Waals surface area contributed by atoms with Crippen LogP contribution in [0.5, 0.6) is 0 Å². The number of carbonyl (C=O) groups is 2. The molecule has 0 fully saturated rings. The third kappa shape index (κ3) is 4.19. The van der Waals surface area contributed by atoms with E-state index in [2.05, 4.69) is 0 Å². The normalized spacial score (nSPS) is 10.2. The van der Waals surface area contributed by atoms with Crippen LogP contribution in [0.1, 0.15) is 15.2 Å². The van der Waals surface area contributed by atoms with Crippen LogP contribution in [-0.4, -0.2) is 18.4 Å². The van der Waals surface area contributed by atoms with Crippen molar-refractivity contribution in [2.75, 3.05) is 6.61 Å². The van der Waals surface area contributed by atoms with E-state index < -0.39 is 5.97 Å². The molecule has 5 heteroatoms. The molecule has 0 radical (unpaired) electrons. The molecule has 0 saturated carbocycles. The lowest BCUT2D eigenvalue weighted by Crippen LogP contribution is -2.14. The van der Waals surface area contributed by atoms with Crippen molar-refractivity contribution in [1.29, 1.82) is 0 Å². The summed E-state index contributed by atoms with van der Waals surface area (Å²) in [6.07, 6.45) is 0.134. The van der Waals surface area contributed by atoms with Gasteiger partial charge in [0.15, 0.2) is 6.61 Å². The molecule has 3 nitrogen and oxygen atoms in total. The zero-order valence-electron chi connectivity index (χ0n) is 9.97. The Morgan fingerprint density at radius 3 is 2.53 bits per heavy atom. The van der Waals surface area contributed by atoms with Crippen molar-refractivity contribution in [2.24, 2.45) is 0 Å². The van der Waals surface area contributed by atoms with Gasteiger partial charge in [0.05, 0.1) is 11.3 Å². The summed E-state index contributed by atoms with van der Waals surface area (Å²) in [5.74, 6) is -0.605. The average molecular weight is 295 g/mol. The SMILES string of the molecule is O=C(Cc1ccc(Cl)cc1)OCC(=O)c1cccs1. The van der Waals surface area contributed by atoms with Gasteiger partial charge in [-0.05, 0) is 29.1 Å². The fourth-order valence-corrected chi connectivity index (χ4v) is 2.25. The number of hydrogen-bond acceptors (Lipinski definition) is 4. The van der Waals surface area contributed by atoms with Crippen molar-refractivity contribution in [3.05, 3.63) is 57.2 Å². The van der Waals surface area contributed by atoms with Gasteiger partial charge in [-0.3, -0.25) is 9.59 Å². The van der Waals surface area contributed by atoms with Gasteiger partial charge in [0.2, 0.25) is 5.78 Å². The molecule has 0 aliphatic carbocycles. The number of carbonyl (C=O) groups excluding carboxylic acids is 2. The van der Waals surface area contributed by atoms with Gasteiger partial charge >= 0.3 is 5.97 Å². The molecule has 0 aliphatic heterocycles. The first kappa shape index (κ1) is 13.8. The molecule has 0 atom stereocenters. The van der Waals surface area contributed by atoms with Crippen molar-refractivity contribution in [3.63, 3.8) is 0 Å². The van der Waals surface area contributed by atoms with E-state index in [1.54, 1.807) is 36.4 Å². The Hall–Kier alpha value is -1.65. The Morgan fingerprint density at radius 1 is 1.16 bits per heavy atom. The van der Waals surface area contributed by atoms with Gasteiger partial charge in [-0.25, -0.2) is 0 Å². The van der Waals surface area contributed by atoms with Crippen molar-refractivity contribution in [3.8, 4) is 0 Å². The molecule has 98 valence electrons. The third-order valence-electron chi connectivity index (χ3n) is 2.42. The topological polar surface area (TPSA) is 43.4 Å². The first-order valence-corrected chi connectivity index (χ1v) is 6.87. The molecule has 1 heterocycles. The maximum atomic E-state index is 11.6. The summed E-state index contributed by atoms with van der Waals surface area (Å²) in [5.41, 5.74) is 0.804. The first-order valence-electron chi connectivity index (χ1n) is 5.62. The van der Waals surface area contributed by atoms with E-state index in [9.17, 15) is 9.59 Å². The molecular formula is C14H11ClO3S.